The standard InChI is InChI=1S/C25H32BFN2O5/c1-23(2,3)32-22(31)29-11-9-8-10-19(29)16-13-18(26-33-24(4,5)25(6,7)34-26)20(27)21-17(16)12-15(14-30)28-21/h10,12-14,28H,8-9,11H2,1-7H3. The number of carbonyl (C=O) groups is 2. The number of hydrogen-bond acceptors (Lipinski definition) is 5. The second-order valence-corrected chi connectivity index (χ2v) is 10.9. The first-order valence-electron chi connectivity index (χ1n) is 11.6. The van der Waals surface area contributed by atoms with Gasteiger partial charge in [-0.05, 0) is 73.4 Å². The summed E-state index contributed by atoms with van der Waals surface area (Å²) in [5.41, 5.74) is -0.150. The van der Waals surface area contributed by atoms with Crippen molar-refractivity contribution in [3.8, 4) is 0 Å². The van der Waals surface area contributed by atoms with Crippen LogP contribution in [0.2, 0.25) is 0 Å². The third-order valence-electron chi connectivity index (χ3n) is 6.64. The number of aldehydes is 1. The first-order valence-corrected chi connectivity index (χ1v) is 11.6. The number of halogens is 1. The number of aromatic nitrogens is 1. The van der Waals surface area contributed by atoms with Gasteiger partial charge in [0.15, 0.2) is 6.29 Å². The monoisotopic (exact) mass is 470 g/mol. The molecule has 0 bridgehead atoms. The van der Waals surface area contributed by atoms with Gasteiger partial charge in [-0.15, -0.1) is 0 Å². The zero-order chi connectivity index (χ0) is 25.1. The summed E-state index contributed by atoms with van der Waals surface area (Å²) in [6, 6.07) is 3.26. The Kier molecular flexibility index (Phi) is 5.93. The third-order valence-corrected chi connectivity index (χ3v) is 6.64. The number of rotatable bonds is 3. The van der Waals surface area contributed by atoms with E-state index in [0.29, 0.717) is 29.5 Å². The summed E-state index contributed by atoms with van der Waals surface area (Å²) in [7, 11) is -0.949. The van der Waals surface area contributed by atoms with Crippen LogP contribution in [0.4, 0.5) is 9.18 Å². The van der Waals surface area contributed by atoms with Crippen molar-refractivity contribution in [2.45, 2.75) is 78.1 Å². The van der Waals surface area contributed by atoms with E-state index in [1.54, 1.807) is 17.0 Å². The summed E-state index contributed by atoms with van der Waals surface area (Å²) in [6.45, 7) is 13.5. The SMILES string of the molecule is CC(C)(C)OC(=O)N1CCCC=C1c1cc(B2OC(C)(C)C(C)(C)O2)c(F)c2[nH]c(C=O)cc12. The van der Waals surface area contributed by atoms with Crippen LogP contribution in [0.25, 0.3) is 16.6 Å². The molecular formula is C25H32BFN2O5. The molecule has 2 aliphatic heterocycles. The molecule has 0 aliphatic carbocycles. The van der Waals surface area contributed by atoms with Crippen molar-refractivity contribution in [2.24, 2.45) is 0 Å². The van der Waals surface area contributed by atoms with Crippen LogP contribution in [-0.2, 0) is 14.0 Å². The number of hydrogen-bond donors (Lipinski definition) is 1. The molecular weight excluding hydrogens is 438 g/mol. The van der Waals surface area contributed by atoms with Gasteiger partial charge < -0.3 is 19.0 Å². The number of ether oxygens (including phenoxy) is 1. The van der Waals surface area contributed by atoms with Gasteiger partial charge in [0.1, 0.15) is 11.4 Å². The minimum Gasteiger partial charge on any atom is -0.443 e. The quantitative estimate of drug-likeness (QED) is 0.516. The molecule has 1 aromatic heterocycles. The fourth-order valence-corrected chi connectivity index (χ4v) is 4.20. The lowest BCUT2D eigenvalue weighted by Gasteiger charge is -2.32. The Morgan fingerprint density at radius 3 is 2.44 bits per heavy atom. The molecule has 7 nitrogen and oxygen atoms in total. The van der Waals surface area contributed by atoms with E-state index < -0.39 is 35.8 Å². The van der Waals surface area contributed by atoms with E-state index in [-0.39, 0.29) is 16.7 Å². The zero-order valence-corrected chi connectivity index (χ0v) is 20.9. The summed E-state index contributed by atoms with van der Waals surface area (Å²) >= 11 is 0. The predicted molar refractivity (Wildman–Crippen MR) is 130 cm³/mol. The molecule has 0 atom stereocenters. The van der Waals surface area contributed by atoms with Crippen molar-refractivity contribution < 1.29 is 28.0 Å². The van der Waals surface area contributed by atoms with Crippen LogP contribution in [0.3, 0.4) is 0 Å². The highest BCUT2D eigenvalue weighted by Gasteiger charge is 2.52. The number of carbonyl (C=O) groups excluding carboxylic acids is 2. The molecule has 0 radical (unpaired) electrons. The minimum atomic E-state index is -0.949. The van der Waals surface area contributed by atoms with Gasteiger partial charge in [-0.1, -0.05) is 6.08 Å². The number of nitrogens with one attached hydrogen (secondary N) is 1. The van der Waals surface area contributed by atoms with Crippen molar-refractivity contribution in [3.63, 3.8) is 0 Å². The van der Waals surface area contributed by atoms with E-state index in [0.717, 1.165) is 12.8 Å². The van der Waals surface area contributed by atoms with Gasteiger partial charge in [0.05, 0.1) is 28.1 Å². The lowest BCUT2D eigenvalue weighted by Crippen LogP contribution is -2.41. The molecule has 9 heteroatoms. The molecule has 1 amide bonds. The summed E-state index contributed by atoms with van der Waals surface area (Å²) in [4.78, 5) is 29.0. The van der Waals surface area contributed by atoms with Crippen LogP contribution < -0.4 is 5.46 Å². The largest absolute Gasteiger partial charge is 0.497 e. The molecule has 2 aromatic rings. The van der Waals surface area contributed by atoms with E-state index in [2.05, 4.69) is 4.98 Å². The Bertz CT molecular complexity index is 1160. The van der Waals surface area contributed by atoms with Crippen molar-refractivity contribution in [1.82, 2.24) is 9.88 Å². The van der Waals surface area contributed by atoms with Crippen molar-refractivity contribution in [1.29, 1.82) is 0 Å². The van der Waals surface area contributed by atoms with E-state index in [4.69, 9.17) is 14.0 Å². The Morgan fingerprint density at radius 2 is 1.85 bits per heavy atom. The average molecular weight is 470 g/mol. The van der Waals surface area contributed by atoms with Crippen molar-refractivity contribution in [3.05, 3.63) is 35.3 Å². The number of H-pyrrole nitrogens is 1. The molecule has 1 saturated heterocycles. The fraction of sp³-hybridized carbons (Fsp3) is 0.520. The van der Waals surface area contributed by atoms with Gasteiger partial charge >= 0.3 is 13.2 Å². The molecule has 1 aromatic carbocycles. The van der Waals surface area contributed by atoms with Crippen LogP contribution in [0, 0.1) is 5.82 Å². The second kappa shape index (κ2) is 8.24. The lowest BCUT2D eigenvalue weighted by molar-refractivity contribution is 0.00578. The Labute approximate surface area is 199 Å². The summed E-state index contributed by atoms with van der Waals surface area (Å²) in [5, 5.41) is 0.501. The van der Waals surface area contributed by atoms with E-state index in [1.165, 1.54) is 0 Å². The highest BCUT2D eigenvalue weighted by molar-refractivity contribution is 6.62. The number of amides is 1. The van der Waals surface area contributed by atoms with E-state index >= 15 is 4.39 Å². The van der Waals surface area contributed by atoms with Gasteiger partial charge in [-0.2, -0.15) is 0 Å². The van der Waals surface area contributed by atoms with Crippen LogP contribution >= 0.6 is 0 Å². The maximum atomic E-state index is 15.8. The number of benzene rings is 1. The third kappa shape index (κ3) is 4.27. The Morgan fingerprint density at radius 1 is 1.21 bits per heavy atom. The number of nitrogens with zero attached hydrogens (tertiary/aromatic N) is 1. The highest BCUT2D eigenvalue weighted by atomic mass is 19.1. The maximum absolute atomic E-state index is 15.8. The first kappa shape index (κ1) is 24.5. The van der Waals surface area contributed by atoms with Gasteiger partial charge in [-0.25, -0.2) is 9.18 Å². The fourth-order valence-electron chi connectivity index (χ4n) is 4.20. The maximum Gasteiger partial charge on any atom is 0.497 e. The lowest BCUT2D eigenvalue weighted by atomic mass is 9.76. The van der Waals surface area contributed by atoms with Crippen LogP contribution in [0.1, 0.15) is 77.4 Å². The molecule has 182 valence electrons. The highest BCUT2D eigenvalue weighted by Crippen LogP contribution is 2.38. The van der Waals surface area contributed by atoms with Crippen LogP contribution in [-0.4, -0.2) is 52.7 Å². The van der Waals surface area contributed by atoms with Gasteiger partial charge in [0.25, 0.3) is 0 Å². The summed E-state index contributed by atoms with van der Waals surface area (Å²) in [6.07, 6.45) is 3.65. The molecule has 34 heavy (non-hydrogen) atoms. The van der Waals surface area contributed by atoms with Crippen molar-refractivity contribution in [2.75, 3.05) is 6.54 Å². The van der Waals surface area contributed by atoms with Crippen molar-refractivity contribution >= 4 is 41.6 Å². The molecule has 1 N–H and O–H groups in total. The molecule has 0 unspecified atom stereocenters. The van der Waals surface area contributed by atoms with Crippen LogP contribution in [0.5, 0.6) is 0 Å². The van der Waals surface area contributed by atoms with E-state index in [9.17, 15) is 9.59 Å². The van der Waals surface area contributed by atoms with Gasteiger partial charge in [0.2, 0.25) is 0 Å². The number of aromatic amines is 1. The molecule has 0 spiro atoms. The Hall–Kier alpha value is -2.65. The molecule has 4 rings (SSSR count). The smallest absolute Gasteiger partial charge is 0.443 e. The van der Waals surface area contributed by atoms with Gasteiger partial charge in [-0.3, -0.25) is 9.69 Å². The average Bonchev–Trinajstić information content (AvgIpc) is 3.25. The second-order valence-electron chi connectivity index (χ2n) is 10.9. The summed E-state index contributed by atoms with van der Waals surface area (Å²) < 4.78 is 33.7. The Balaban J connectivity index is 1.87. The normalized spacial score (nSPS) is 19.9. The summed E-state index contributed by atoms with van der Waals surface area (Å²) in [5.74, 6) is -0.550. The zero-order valence-electron chi connectivity index (χ0n) is 20.9. The topological polar surface area (TPSA) is 80.9 Å². The predicted octanol–water partition coefficient (Wildman–Crippen LogP) is 4.79. The molecule has 1 fully saturated rings. The first-order chi connectivity index (χ1) is 15.7. The van der Waals surface area contributed by atoms with Gasteiger partial charge in [0, 0.05) is 23.0 Å². The molecule has 2 aliphatic rings. The molecule has 3 heterocycles. The number of fused-ring (bicyclic) bond motifs is 1. The van der Waals surface area contributed by atoms with E-state index in [1.807, 2.05) is 54.5 Å². The van der Waals surface area contributed by atoms with Crippen LogP contribution in [0.15, 0.2) is 18.2 Å². The minimum absolute atomic E-state index is 0.167. The number of allylic oxidation sites excluding steroid dienone is 1. The molecule has 0 saturated carbocycles.